The first-order valence-corrected chi connectivity index (χ1v) is 6.12. The minimum absolute atomic E-state index is 0.0460. The second-order valence-corrected chi connectivity index (χ2v) is 4.47. The summed E-state index contributed by atoms with van der Waals surface area (Å²) >= 11 is 0. The molecule has 0 bridgehead atoms. The lowest BCUT2D eigenvalue weighted by Gasteiger charge is -2.08. The Morgan fingerprint density at radius 3 is 2.59 bits per heavy atom. The number of hydrogen-bond acceptors (Lipinski definition) is 4. The van der Waals surface area contributed by atoms with Crippen molar-refractivity contribution in [2.45, 2.75) is 19.5 Å². The first-order valence-electron chi connectivity index (χ1n) is 6.12. The molecule has 8 heteroatoms. The van der Waals surface area contributed by atoms with Crippen molar-refractivity contribution in [3.8, 4) is 11.5 Å². The van der Waals surface area contributed by atoms with E-state index in [-0.39, 0.29) is 23.6 Å². The van der Waals surface area contributed by atoms with Crippen LogP contribution in [0.1, 0.15) is 17.0 Å². The largest absolute Gasteiger partial charge is 0.469 e. The lowest BCUT2D eigenvalue weighted by molar-refractivity contribution is -0.140. The molecule has 22 heavy (non-hydrogen) atoms. The first kappa shape index (κ1) is 16.0. The van der Waals surface area contributed by atoms with E-state index >= 15 is 0 Å². The molecule has 1 heterocycles. The fraction of sp³-hybridized carbons (Fsp3) is 0.286. The predicted molar refractivity (Wildman–Crippen MR) is 67.4 cm³/mol. The molecule has 0 aliphatic carbocycles. The molecule has 1 aromatic heterocycles. The number of aryl methyl sites for hydroxylation is 1. The Kier molecular flexibility index (Phi) is 4.20. The molecule has 1 aromatic carbocycles. The van der Waals surface area contributed by atoms with Gasteiger partial charge in [-0.3, -0.25) is 4.79 Å². The Labute approximate surface area is 122 Å². The molecule has 0 unspecified atom stereocenters. The molecule has 118 valence electrons. The lowest BCUT2D eigenvalue weighted by Crippen LogP contribution is -2.08. The molecule has 0 aliphatic rings. The van der Waals surface area contributed by atoms with Gasteiger partial charge in [0.2, 0.25) is 5.89 Å². The normalized spacial score (nSPS) is 11.5. The number of ether oxygens (including phenoxy) is 1. The highest BCUT2D eigenvalue weighted by molar-refractivity contribution is 5.72. The quantitative estimate of drug-likeness (QED) is 0.642. The zero-order chi connectivity index (χ0) is 16.5. The number of carbonyl (C=O) groups is 1. The summed E-state index contributed by atoms with van der Waals surface area (Å²) in [6.07, 6.45) is -4.92. The summed E-state index contributed by atoms with van der Waals surface area (Å²) in [4.78, 5) is 15.2. The third kappa shape index (κ3) is 3.26. The maximum absolute atomic E-state index is 13.5. The second kappa shape index (κ2) is 5.78. The van der Waals surface area contributed by atoms with Crippen molar-refractivity contribution < 1.29 is 31.5 Å². The molecule has 2 rings (SSSR count). The summed E-state index contributed by atoms with van der Waals surface area (Å²) in [5.41, 5.74) is -1.04. The Morgan fingerprint density at radius 2 is 2.05 bits per heavy atom. The highest BCUT2D eigenvalue weighted by atomic mass is 19.4. The molecule has 0 atom stereocenters. The Morgan fingerprint density at radius 1 is 1.36 bits per heavy atom. The molecular formula is C14H11F4NO3. The number of halogens is 4. The number of alkyl halides is 3. The van der Waals surface area contributed by atoms with E-state index < -0.39 is 23.5 Å². The van der Waals surface area contributed by atoms with Gasteiger partial charge in [0.15, 0.2) is 0 Å². The van der Waals surface area contributed by atoms with Crippen LogP contribution < -0.4 is 0 Å². The van der Waals surface area contributed by atoms with Gasteiger partial charge >= 0.3 is 12.1 Å². The molecule has 0 N–H and O–H groups in total. The number of carbonyl (C=O) groups excluding carboxylic acids is 1. The van der Waals surface area contributed by atoms with Crippen molar-refractivity contribution >= 4 is 5.97 Å². The second-order valence-electron chi connectivity index (χ2n) is 4.47. The number of benzene rings is 1. The molecule has 4 nitrogen and oxygen atoms in total. The fourth-order valence-corrected chi connectivity index (χ4v) is 1.80. The molecule has 2 aromatic rings. The van der Waals surface area contributed by atoms with Gasteiger partial charge in [0, 0.05) is 5.56 Å². The number of methoxy groups -OCH3 is 1. The van der Waals surface area contributed by atoms with E-state index in [0.29, 0.717) is 17.9 Å². The van der Waals surface area contributed by atoms with E-state index in [0.717, 1.165) is 6.07 Å². The first-order chi connectivity index (χ1) is 10.2. The van der Waals surface area contributed by atoms with Crippen LogP contribution in [0.25, 0.3) is 11.5 Å². The summed E-state index contributed by atoms with van der Waals surface area (Å²) in [6.45, 7) is 1.54. The lowest BCUT2D eigenvalue weighted by atomic mass is 10.1. The third-order valence-corrected chi connectivity index (χ3v) is 2.95. The van der Waals surface area contributed by atoms with Gasteiger partial charge in [-0.05, 0) is 25.1 Å². The fourth-order valence-electron chi connectivity index (χ4n) is 1.80. The van der Waals surface area contributed by atoms with Crippen molar-refractivity contribution in [3.63, 3.8) is 0 Å². The Bertz CT molecular complexity index is 707. The molecule has 0 amide bonds. The van der Waals surface area contributed by atoms with E-state index in [1.807, 2.05) is 0 Å². The zero-order valence-corrected chi connectivity index (χ0v) is 11.6. The average molecular weight is 317 g/mol. The van der Waals surface area contributed by atoms with Crippen LogP contribution in [0.2, 0.25) is 0 Å². The minimum Gasteiger partial charge on any atom is -0.469 e. The molecule has 0 saturated carbocycles. The van der Waals surface area contributed by atoms with Gasteiger partial charge in [-0.25, -0.2) is 9.37 Å². The van der Waals surface area contributed by atoms with Crippen LogP contribution in [0.3, 0.4) is 0 Å². The maximum Gasteiger partial charge on any atom is 0.419 e. The van der Waals surface area contributed by atoms with Crippen LogP contribution in [0.15, 0.2) is 22.6 Å². The van der Waals surface area contributed by atoms with Crippen LogP contribution in [-0.4, -0.2) is 18.1 Å². The van der Waals surface area contributed by atoms with E-state index in [2.05, 4.69) is 9.72 Å². The van der Waals surface area contributed by atoms with Gasteiger partial charge < -0.3 is 9.15 Å². The number of rotatable bonds is 3. The number of hydrogen-bond donors (Lipinski definition) is 0. The smallest absolute Gasteiger partial charge is 0.419 e. The summed E-state index contributed by atoms with van der Waals surface area (Å²) in [6, 6.07) is 2.36. The van der Waals surface area contributed by atoms with Crippen molar-refractivity contribution in [3.05, 3.63) is 41.0 Å². The molecule has 0 aliphatic heterocycles. The predicted octanol–water partition coefficient (Wildman–Crippen LogP) is 3.52. The standard InChI is InChI=1S/C14H11F4NO3/c1-7-11(6-12(20)21-2)19-13(22-7)8-3-4-9(10(15)5-8)14(16,17)18/h3-5H,6H2,1-2H3. The zero-order valence-electron chi connectivity index (χ0n) is 11.6. The van der Waals surface area contributed by atoms with Crippen LogP contribution in [0.5, 0.6) is 0 Å². The van der Waals surface area contributed by atoms with Crippen LogP contribution in [-0.2, 0) is 22.1 Å². The van der Waals surface area contributed by atoms with Crippen molar-refractivity contribution in [2.24, 2.45) is 0 Å². The van der Waals surface area contributed by atoms with Crippen LogP contribution in [0, 0.1) is 12.7 Å². The van der Waals surface area contributed by atoms with Gasteiger partial charge in [0.05, 0.1) is 24.8 Å². The third-order valence-electron chi connectivity index (χ3n) is 2.95. The number of aromatic nitrogens is 1. The topological polar surface area (TPSA) is 52.3 Å². The highest BCUT2D eigenvalue weighted by Crippen LogP contribution is 2.33. The molecule has 0 fully saturated rings. The van der Waals surface area contributed by atoms with Crippen molar-refractivity contribution in [1.82, 2.24) is 4.98 Å². The van der Waals surface area contributed by atoms with Crippen molar-refractivity contribution in [1.29, 1.82) is 0 Å². The van der Waals surface area contributed by atoms with Gasteiger partial charge in [0.25, 0.3) is 0 Å². The summed E-state index contributed by atoms with van der Waals surface area (Å²) in [7, 11) is 1.21. The highest BCUT2D eigenvalue weighted by Gasteiger charge is 2.34. The van der Waals surface area contributed by atoms with Crippen LogP contribution in [0.4, 0.5) is 17.6 Å². The molecule has 0 saturated heterocycles. The van der Waals surface area contributed by atoms with E-state index in [4.69, 9.17) is 4.42 Å². The number of nitrogens with zero attached hydrogens (tertiary/aromatic N) is 1. The van der Waals surface area contributed by atoms with Gasteiger partial charge in [0.1, 0.15) is 11.6 Å². The Balaban J connectivity index is 2.35. The van der Waals surface area contributed by atoms with Crippen molar-refractivity contribution in [2.75, 3.05) is 7.11 Å². The summed E-state index contributed by atoms with van der Waals surface area (Å²) in [5, 5.41) is 0. The molecule has 0 spiro atoms. The van der Waals surface area contributed by atoms with E-state index in [9.17, 15) is 22.4 Å². The van der Waals surface area contributed by atoms with E-state index in [1.165, 1.54) is 14.0 Å². The van der Waals surface area contributed by atoms with Crippen LogP contribution >= 0.6 is 0 Å². The average Bonchev–Trinajstić information content (AvgIpc) is 2.78. The summed E-state index contributed by atoms with van der Waals surface area (Å²) < 4.78 is 60.8. The number of esters is 1. The SMILES string of the molecule is COC(=O)Cc1nc(-c2ccc(C(F)(F)F)c(F)c2)oc1C. The summed E-state index contributed by atoms with van der Waals surface area (Å²) in [5.74, 6) is -1.72. The minimum atomic E-state index is -4.77. The van der Waals surface area contributed by atoms with E-state index in [1.54, 1.807) is 0 Å². The van der Waals surface area contributed by atoms with Gasteiger partial charge in [-0.15, -0.1) is 0 Å². The van der Waals surface area contributed by atoms with Gasteiger partial charge in [-0.2, -0.15) is 13.2 Å². The molecule has 0 radical (unpaired) electrons. The monoisotopic (exact) mass is 317 g/mol. The number of oxazole rings is 1. The Hall–Kier alpha value is -2.38. The molecular weight excluding hydrogens is 306 g/mol. The van der Waals surface area contributed by atoms with Gasteiger partial charge in [-0.1, -0.05) is 0 Å². The maximum atomic E-state index is 13.5.